The van der Waals surface area contributed by atoms with Crippen LogP contribution in [-0.4, -0.2) is 35.6 Å². The van der Waals surface area contributed by atoms with Gasteiger partial charge in [-0.05, 0) is 18.6 Å². The Labute approximate surface area is 98.8 Å². The highest BCUT2D eigenvalue weighted by atomic mass is 16.4. The van der Waals surface area contributed by atoms with Gasteiger partial charge < -0.3 is 15.7 Å². The molecule has 1 aromatic rings. The van der Waals surface area contributed by atoms with E-state index in [1.165, 1.54) is 0 Å². The van der Waals surface area contributed by atoms with E-state index in [1.807, 2.05) is 6.07 Å². The van der Waals surface area contributed by atoms with Crippen molar-refractivity contribution in [3.63, 3.8) is 0 Å². The molecule has 0 radical (unpaired) electrons. The van der Waals surface area contributed by atoms with Crippen LogP contribution in [0, 0.1) is 0 Å². The molecule has 1 fully saturated rings. The molecule has 0 bridgehead atoms. The van der Waals surface area contributed by atoms with Crippen LogP contribution >= 0.6 is 0 Å². The number of benzene rings is 1. The van der Waals surface area contributed by atoms with Crippen molar-refractivity contribution >= 4 is 11.9 Å². The number of amides is 1. The van der Waals surface area contributed by atoms with E-state index in [2.05, 4.69) is 10.6 Å². The SMILES string of the molecule is O=C(NC1CNC(C(=O)O)C1)c1ccccc1. The van der Waals surface area contributed by atoms with Gasteiger partial charge in [0.05, 0.1) is 0 Å². The molecule has 1 aromatic carbocycles. The molecule has 2 atom stereocenters. The Kier molecular flexibility index (Phi) is 3.39. The van der Waals surface area contributed by atoms with Crippen LogP contribution in [0.1, 0.15) is 16.8 Å². The van der Waals surface area contributed by atoms with Crippen molar-refractivity contribution in [3.05, 3.63) is 35.9 Å². The first kappa shape index (κ1) is 11.6. The van der Waals surface area contributed by atoms with Gasteiger partial charge in [-0.2, -0.15) is 0 Å². The number of rotatable bonds is 3. The standard InChI is InChI=1S/C12H14N2O3/c15-11(8-4-2-1-3-5-8)14-9-6-10(12(16)17)13-7-9/h1-5,9-10,13H,6-7H2,(H,14,15)(H,16,17). The van der Waals surface area contributed by atoms with E-state index in [9.17, 15) is 9.59 Å². The van der Waals surface area contributed by atoms with Crippen LogP contribution < -0.4 is 10.6 Å². The Bertz CT molecular complexity index is 419. The molecular formula is C12H14N2O3. The predicted octanol–water partition coefficient (Wildman–Crippen LogP) is 0.232. The molecule has 2 rings (SSSR count). The maximum Gasteiger partial charge on any atom is 0.320 e. The van der Waals surface area contributed by atoms with Crippen LogP contribution in [0.15, 0.2) is 30.3 Å². The van der Waals surface area contributed by atoms with Crippen molar-refractivity contribution in [2.24, 2.45) is 0 Å². The second-order valence-electron chi connectivity index (χ2n) is 4.07. The summed E-state index contributed by atoms with van der Waals surface area (Å²) < 4.78 is 0. The summed E-state index contributed by atoms with van der Waals surface area (Å²) in [7, 11) is 0. The van der Waals surface area contributed by atoms with Gasteiger partial charge in [-0.25, -0.2) is 0 Å². The molecule has 0 aromatic heterocycles. The molecule has 5 heteroatoms. The van der Waals surface area contributed by atoms with E-state index >= 15 is 0 Å². The second-order valence-corrected chi connectivity index (χ2v) is 4.07. The van der Waals surface area contributed by atoms with Gasteiger partial charge in [-0.15, -0.1) is 0 Å². The zero-order chi connectivity index (χ0) is 12.3. The Morgan fingerprint density at radius 3 is 2.59 bits per heavy atom. The summed E-state index contributed by atoms with van der Waals surface area (Å²) in [6.45, 7) is 0.496. The third kappa shape index (κ3) is 2.82. The first-order valence-corrected chi connectivity index (χ1v) is 5.49. The lowest BCUT2D eigenvalue weighted by atomic mass is 10.1. The molecule has 1 aliphatic heterocycles. The van der Waals surface area contributed by atoms with E-state index in [-0.39, 0.29) is 11.9 Å². The third-order valence-corrected chi connectivity index (χ3v) is 2.80. The summed E-state index contributed by atoms with van der Waals surface area (Å²) in [5, 5.41) is 14.5. The van der Waals surface area contributed by atoms with Crippen molar-refractivity contribution in [1.82, 2.24) is 10.6 Å². The number of nitrogens with one attached hydrogen (secondary N) is 2. The minimum atomic E-state index is -0.874. The predicted molar refractivity (Wildman–Crippen MR) is 61.7 cm³/mol. The molecule has 90 valence electrons. The van der Waals surface area contributed by atoms with Crippen LogP contribution in [0.5, 0.6) is 0 Å². The largest absolute Gasteiger partial charge is 0.480 e. The smallest absolute Gasteiger partial charge is 0.320 e. The van der Waals surface area contributed by atoms with Gasteiger partial charge in [0.2, 0.25) is 0 Å². The van der Waals surface area contributed by atoms with Gasteiger partial charge in [0.15, 0.2) is 0 Å². The number of carboxylic acid groups (broad SMARTS) is 1. The van der Waals surface area contributed by atoms with Gasteiger partial charge >= 0.3 is 5.97 Å². The van der Waals surface area contributed by atoms with Crippen LogP contribution in [0.4, 0.5) is 0 Å². The molecule has 0 spiro atoms. The fraction of sp³-hybridized carbons (Fsp3) is 0.333. The van der Waals surface area contributed by atoms with Crippen LogP contribution in [0.25, 0.3) is 0 Å². The number of hydrogen-bond donors (Lipinski definition) is 3. The van der Waals surface area contributed by atoms with Gasteiger partial charge in [0, 0.05) is 18.2 Å². The highest BCUT2D eigenvalue weighted by Crippen LogP contribution is 2.08. The van der Waals surface area contributed by atoms with Gasteiger partial charge in [0.25, 0.3) is 5.91 Å². The van der Waals surface area contributed by atoms with Crippen LogP contribution in [0.2, 0.25) is 0 Å². The molecule has 17 heavy (non-hydrogen) atoms. The molecular weight excluding hydrogens is 220 g/mol. The second kappa shape index (κ2) is 4.97. The maximum atomic E-state index is 11.8. The highest BCUT2D eigenvalue weighted by Gasteiger charge is 2.29. The molecule has 3 N–H and O–H groups in total. The lowest BCUT2D eigenvalue weighted by Crippen LogP contribution is -2.36. The van der Waals surface area contributed by atoms with E-state index in [0.29, 0.717) is 18.5 Å². The normalized spacial score (nSPS) is 23.3. The number of hydrogen-bond acceptors (Lipinski definition) is 3. The lowest BCUT2D eigenvalue weighted by Gasteiger charge is -2.11. The van der Waals surface area contributed by atoms with E-state index in [1.54, 1.807) is 24.3 Å². The highest BCUT2D eigenvalue weighted by molar-refractivity contribution is 5.94. The molecule has 1 amide bonds. The first-order valence-electron chi connectivity index (χ1n) is 5.49. The zero-order valence-electron chi connectivity index (χ0n) is 9.22. The summed E-state index contributed by atoms with van der Waals surface area (Å²) in [4.78, 5) is 22.5. The summed E-state index contributed by atoms with van der Waals surface area (Å²) in [5.41, 5.74) is 0.589. The molecule has 0 saturated carbocycles. The maximum absolute atomic E-state index is 11.8. The van der Waals surface area contributed by atoms with Crippen molar-refractivity contribution < 1.29 is 14.7 Å². The minimum absolute atomic E-state index is 0.121. The third-order valence-electron chi connectivity index (χ3n) is 2.80. The summed E-state index contributed by atoms with van der Waals surface area (Å²) >= 11 is 0. The van der Waals surface area contributed by atoms with Crippen molar-refractivity contribution in [3.8, 4) is 0 Å². The summed E-state index contributed by atoms with van der Waals surface area (Å²) in [6, 6.07) is 8.21. The summed E-state index contributed by atoms with van der Waals surface area (Å²) in [5.74, 6) is -1.04. The monoisotopic (exact) mass is 234 g/mol. The van der Waals surface area contributed by atoms with Crippen LogP contribution in [-0.2, 0) is 4.79 Å². The quantitative estimate of drug-likeness (QED) is 0.699. The number of carboxylic acids is 1. The Hall–Kier alpha value is -1.88. The van der Waals surface area contributed by atoms with Gasteiger partial charge in [-0.3, -0.25) is 9.59 Å². The van der Waals surface area contributed by atoms with Gasteiger partial charge in [0.1, 0.15) is 6.04 Å². The lowest BCUT2D eigenvalue weighted by molar-refractivity contribution is -0.139. The molecule has 0 aliphatic carbocycles. The topological polar surface area (TPSA) is 78.4 Å². The van der Waals surface area contributed by atoms with Crippen molar-refractivity contribution in [1.29, 1.82) is 0 Å². The fourth-order valence-corrected chi connectivity index (χ4v) is 1.89. The number of carbonyl (C=O) groups is 2. The van der Waals surface area contributed by atoms with Crippen molar-refractivity contribution in [2.75, 3.05) is 6.54 Å². The molecule has 1 aliphatic rings. The number of carbonyl (C=O) groups excluding carboxylic acids is 1. The molecule has 2 unspecified atom stereocenters. The average Bonchev–Trinajstić information content (AvgIpc) is 2.79. The van der Waals surface area contributed by atoms with Gasteiger partial charge in [-0.1, -0.05) is 18.2 Å². The molecule has 1 saturated heterocycles. The zero-order valence-corrected chi connectivity index (χ0v) is 9.22. The van der Waals surface area contributed by atoms with Crippen molar-refractivity contribution in [2.45, 2.75) is 18.5 Å². The van der Waals surface area contributed by atoms with E-state index < -0.39 is 12.0 Å². The number of aliphatic carboxylic acids is 1. The minimum Gasteiger partial charge on any atom is -0.480 e. The Morgan fingerprint density at radius 1 is 1.29 bits per heavy atom. The molecule has 5 nitrogen and oxygen atoms in total. The first-order chi connectivity index (χ1) is 8.16. The van der Waals surface area contributed by atoms with E-state index in [0.717, 1.165) is 0 Å². The molecule has 1 heterocycles. The Morgan fingerprint density at radius 2 is 2.00 bits per heavy atom. The fourth-order valence-electron chi connectivity index (χ4n) is 1.89. The average molecular weight is 234 g/mol. The van der Waals surface area contributed by atoms with Crippen LogP contribution in [0.3, 0.4) is 0 Å². The van der Waals surface area contributed by atoms with E-state index in [4.69, 9.17) is 5.11 Å². The Balaban J connectivity index is 1.91. The summed E-state index contributed by atoms with van der Waals surface area (Å²) in [6.07, 6.45) is 0.425.